The molecule has 0 radical (unpaired) electrons. The van der Waals surface area contributed by atoms with E-state index >= 15 is 0 Å². The van der Waals surface area contributed by atoms with Crippen molar-refractivity contribution in [1.82, 2.24) is 4.98 Å². The lowest BCUT2D eigenvalue weighted by molar-refractivity contribution is 0.00604. The van der Waals surface area contributed by atoms with Gasteiger partial charge in [-0.3, -0.25) is 0 Å². The van der Waals surface area contributed by atoms with Gasteiger partial charge in [-0.05, 0) is 37.5 Å². The SMILES string of the molecule is COCCOC1CCN(c2cc(C)ccn2)CC1. The first-order chi connectivity index (χ1) is 8.79. The van der Waals surface area contributed by atoms with E-state index in [-0.39, 0.29) is 0 Å². The number of nitrogens with zero attached hydrogens (tertiary/aromatic N) is 2. The van der Waals surface area contributed by atoms with Crippen LogP contribution < -0.4 is 4.90 Å². The number of anilines is 1. The summed E-state index contributed by atoms with van der Waals surface area (Å²) in [6.45, 7) is 5.53. The predicted molar refractivity (Wildman–Crippen MR) is 72.0 cm³/mol. The van der Waals surface area contributed by atoms with Crippen LogP contribution in [0.15, 0.2) is 18.3 Å². The Kier molecular flexibility index (Phi) is 4.96. The average molecular weight is 250 g/mol. The molecule has 0 aliphatic carbocycles. The summed E-state index contributed by atoms with van der Waals surface area (Å²) in [6.07, 6.45) is 4.39. The van der Waals surface area contributed by atoms with E-state index in [4.69, 9.17) is 9.47 Å². The van der Waals surface area contributed by atoms with Gasteiger partial charge in [0.05, 0.1) is 19.3 Å². The third kappa shape index (κ3) is 3.68. The number of pyridine rings is 1. The monoisotopic (exact) mass is 250 g/mol. The Hall–Kier alpha value is -1.13. The van der Waals surface area contributed by atoms with E-state index in [9.17, 15) is 0 Å². The summed E-state index contributed by atoms with van der Waals surface area (Å²) in [4.78, 5) is 6.77. The number of ether oxygens (including phenoxy) is 2. The average Bonchev–Trinajstić information content (AvgIpc) is 2.40. The predicted octanol–water partition coefficient (Wildman–Crippen LogP) is 2.02. The molecule has 4 nitrogen and oxygen atoms in total. The van der Waals surface area contributed by atoms with Crippen molar-refractivity contribution in [3.63, 3.8) is 0 Å². The Morgan fingerprint density at radius 1 is 1.33 bits per heavy atom. The fourth-order valence-electron chi connectivity index (χ4n) is 2.24. The summed E-state index contributed by atoms with van der Waals surface area (Å²) in [5.74, 6) is 1.09. The molecule has 4 heteroatoms. The van der Waals surface area contributed by atoms with Crippen LogP contribution in [0.3, 0.4) is 0 Å². The molecule has 0 atom stereocenters. The van der Waals surface area contributed by atoms with Crippen LogP contribution in [0.4, 0.5) is 5.82 Å². The molecule has 1 aliphatic heterocycles. The first kappa shape index (κ1) is 13.3. The van der Waals surface area contributed by atoms with E-state index in [1.54, 1.807) is 7.11 Å². The zero-order chi connectivity index (χ0) is 12.8. The summed E-state index contributed by atoms with van der Waals surface area (Å²) in [6, 6.07) is 4.18. The molecular weight excluding hydrogens is 228 g/mol. The molecule has 1 aromatic heterocycles. The lowest BCUT2D eigenvalue weighted by Crippen LogP contribution is -2.37. The lowest BCUT2D eigenvalue weighted by atomic mass is 10.1. The Labute approximate surface area is 109 Å². The molecule has 0 amide bonds. The van der Waals surface area contributed by atoms with Crippen LogP contribution in [0.25, 0.3) is 0 Å². The molecule has 0 bridgehead atoms. The van der Waals surface area contributed by atoms with Crippen molar-refractivity contribution in [2.75, 3.05) is 38.3 Å². The minimum atomic E-state index is 0.376. The van der Waals surface area contributed by atoms with Crippen molar-refractivity contribution in [2.45, 2.75) is 25.9 Å². The molecule has 1 fully saturated rings. The third-order valence-corrected chi connectivity index (χ3v) is 3.31. The van der Waals surface area contributed by atoms with Crippen LogP contribution in [0, 0.1) is 6.92 Å². The van der Waals surface area contributed by atoms with Gasteiger partial charge in [0.1, 0.15) is 5.82 Å². The number of rotatable bonds is 5. The van der Waals surface area contributed by atoms with Crippen molar-refractivity contribution < 1.29 is 9.47 Å². The van der Waals surface area contributed by atoms with Crippen molar-refractivity contribution in [1.29, 1.82) is 0 Å². The fourth-order valence-corrected chi connectivity index (χ4v) is 2.24. The highest BCUT2D eigenvalue weighted by atomic mass is 16.5. The van der Waals surface area contributed by atoms with Crippen molar-refractivity contribution in [2.24, 2.45) is 0 Å². The Bertz CT molecular complexity index is 363. The summed E-state index contributed by atoms with van der Waals surface area (Å²) in [5.41, 5.74) is 1.26. The van der Waals surface area contributed by atoms with Gasteiger partial charge in [-0.25, -0.2) is 4.98 Å². The summed E-state index contributed by atoms with van der Waals surface area (Å²) in [5, 5.41) is 0. The maximum absolute atomic E-state index is 5.76. The summed E-state index contributed by atoms with van der Waals surface area (Å²) < 4.78 is 10.8. The highest BCUT2D eigenvalue weighted by Crippen LogP contribution is 2.20. The third-order valence-electron chi connectivity index (χ3n) is 3.31. The van der Waals surface area contributed by atoms with Crippen LogP contribution >= 0.6 is 0 Å². The van der Waals surface area contributed by atoms with Crippen molar-refractivity contribution in [3.8, 4) is 0 Å². The lowest BCUT2D eigenvalue weighted by Gasteiger charge is -2.32. The molecule has 0 spiro atoms. The molecule has 1 saturated heterocycles. The molecule has 0 saturated carbocycles. The quantitative estimate of drug-likeness (QED) is 0.749. The number of aryl methyl sites for hydroxylation is 1. The van der Waals surface area contributed by atoms with Crippen molar-refractivity contribution >= 4 is 5.82 Å². The zero-order valence-electron chi connectivity index (χ0n) is 11.3. The van der Waals surface area contributed by atoms with Crippen LogP contribution in [0.2, 0.25) is 0 Å². The Morgan fingerprint density at radius 3 is 2.78 bits per heavy atom. The van der Waals surface area contributed by atoms with Gasteiger partial charge >= 0.3 is 0 Å². The maximum atomic E-state index is 5.76. The maximum Gasteiger partial charge on any atom is 0.128 e. The van der Waals surface area contributed by atoms with E-state index in [0.717, 1.165) is 31.7 Å². The number of hydrogen-bond donors (Lipinski definition) is 0. The molecule has 0 aromatic carbocycles. The molecule has 0 N–H and O–H groups in total. The summed E-state index contributed by atoms with van der Waals surface area (Å²) >= 11 is 0. The normalized spacial score (nSPS) is 17.1. The Balaban J connectivity index is 1.79. The second kappa shape index (κ2) is 6.71. The molecule has 100 valence electrons. The van der Waals surface area contributed by atoms with Crippen LogP contribution in [-0.2, 0) is 9.47 Å². The van der Waals surface area contributed by atoms with Crippen LogP contribution in [0.5, 0.6) is 0 Å². The topological polar surface area (TPSA) is 34.6 Å². The fraction of sp³-hybridized carbons (Fsp3) is 0.643. The smallest absolute Gasteiger partial charge is 0.128 e. The molecule has 18 heavy (non-hydrogen) atoms. The number of aromatic nitrogens is 1. The van der Waals surface area contributed by atoms with Gasteiger partial charge in [-0.1, -0.05) is 0 Å². The molecular formula is C14H22N2O2. The van der Waals surface area contributed by atoms with Gasteiger partial charge in [0.15, 0.2) is 0 Å². The highest BCUT2D eigenvalue weighted by Gasteiger charge is 2.20. The first-order valence-electron chi connectivity index (χ1n) is 6.58. The van der Waals surface area contributed by atoms with Gasteiger partial charge in [-0.2, -0.15) is 0 Å². The standard InChI is InChI=1S/C14H22N2O2/c1-12-3-6-15-14(11-12)16-7-4-13(5-8-16)18-10-9-17-2/h3,6,11,13H,4-5,7-10H2,1-2H3. The minimum absolute atomic E-state index is 0.376. The molecule has 1 aliphatic rings. The number of hydrogen-bond acceptors (Lipinski definition) is 4. The first-order valence-corrected chi connectivity index (χ1v) is 6.58. The van der Waals surface area contributed by atoms with Gasteiger partial charge in [0.2, 0.25) is 0 Å². The number of piperidine rings is 1. The molecule has 0 unspecified atom stereocenters. The highest BCUT2D eigenvalue weighted by molar-refractivity contribution is 5.40. The second-order valence-corrected chi connectivity index (χ2v) is 4.74. The zero-order valence-corrected chi connectivity index (χ0v) is 11.3. The van der Waals surface area contributed by atoms with Crippen molar-refractivity contribution in [3.05, 3.63) is 23.9 Å². The van der Waals surface area contributed by atoms with Gasteiger partial charge in [0, 0.05) is 26.4 Å². The second-order valence-electron chi connectivity index (χ2n) is 4.74. The van der Waals surface area contributed by atoms with Crippen LogP contribution in [0.1, 0.15) is 18.4 Å². The van der Waals surface area contributed by atoms with E-state index < -0.39 is 0 Å². The van der Waals surface area contributed by atoms with E-state index in [1.807, 2.05) is 12.3 Å². The van der Waals surface area contributed by atoms with E-state index in [2.05, 4.69) is 22.9 Å². The summed E-state index contributed by atoms with van der Waals surface area (Å²) in [7, 11) is 1.70. The van der Waals surface area contributed by atoms with E-state index in [1.165, 1.54) is 5.56 Å². The van der Waals surface area contributed by atoms with Gasteiger partial charge in [0.25, 0.3) is 0 Å². The van der Waals surface area contributed by atoms with Gasteiger partial charge < -0.3 is 14.4 Å². The molecule has 2 rings (SSSR count). The number of methoxy groups -OCH3 is 1. The molecule has 2 heterocycles. The largest absolute Gasteiger partial charge is 0.382 e. The van der Waals surface area contributed by atoms with E-state index in [0.29, 0.717) is 19.3 Å². The minimum Gasteiger partial charge on any atom is -0.382 e. The van der Waals surface area contributed by atoms with Crippen LogP contribution in [-0.4, -0.2) is 44.5 Å². The Morgan fingerprint density at radius 2 is 2.11 bits per heavy atom. The van der Waals surface area contributed by atoms with Gasteiger partial charge in [-0.15, -0.1) is 0 Å². The molecule has 1 aromatic rings.